The molecular weight excluding hydrogens is 668 g/mol. The van der Waals surface area contributed by atoms with Crippen LogP contribution in [0.25, 0.3) is 0 Å². The number of amides is 1. The van der Waals surface area contributed by atoms with E-state index in [0.29, 0.717) is 6.42 Å². The highest BCUT2D eigenvalue weighted by Crippen LogP contribution is 2.26. The molecule has 1 amide bonds. The van der Waals surface area contributed by atoms with Gasteiger partial charge in [0.2, 0.25) is 16.3 Å². The van der Waals surface area contributed by atoms with Gasteiger partial charge >= 0.3 is 0 Å². The molecule has 1 aliphatic rings. The summed E-state index contributed by atoms with van der Waals surface area (Å²) in [5, 5.41) is 44.3. The number of carbonyl (C=O) groups is 1. The van der Waals surface area contributed by atoms with E-state index in [4.69, 9.17) is 9.47 Å². The highest BCUT2D eigenvalue weighted by Gasteiger charge is 2.47. The maximum Gasteiger partial charge on any atom is 0.220 e. The monoisotopic (exact) mass is 740 g/mol. The number of aliphatic hydroxyl groups is 4. The summed E-state index contributed by atoms with van der Waals surface area (Å²) < 4.78 is 49.0. The van der Waals surface area contributed by atoms with Crippen molar-refractivity contribution < 1.29 is 51.8 Å². The lowest BCUT2D eigenvalue weighted by atomic mass is 9.99. The molecule has 0 aliphatic carbocycles. The lowest BCUT2D eigenvalue weighted by Crippen LogP contribution is -2.61. The maximum absolute atomic E-state index is 12.8. The van der Waals surface area contributed by atoms with E-state index < -0.39 is 59.9 Å². The van der Waals surface area contributed by atoms with Crippen LogP contribution in [0.5, 0.6) is 0 Å². The number of aliphatic hydroxyl groups excluding tert-OH is 4. The van der Waals surface area contributed by atoms with Crippen LogP contribution in [-0.4, -0.2) is 95.4 Å². The first-order valence-corrected chi connectivity index (χ1v) is 20.4. The van der Waals surface area contributed by atoms with Gasteiger partial charge in [0.05, 0.1) is 25.4 Å². The predicted molar refractivity (Wildman–Crippen MR) is 194 cm³/mol. The van der Waals surface area contributed by atoms with Gasteiger partial charge in [-0.05, 0) is 19.3 Å². The van der Waals surface area contributed by atoms with Gasteiger partial charge in [-0.1, -0.05) is 142 Å². The molecule has 1 fully saturated rings. The Bertz CT molecular complexity index is 956. The second-order valence-corrected chi connectivity index (χ2v) is 14.5. The first kappa shape index (κ1) is 48.8. The average Bonchev–Trinajstić information content (AvgIpc) is 3.06. The second kappa shape index (κ2) is 30.3. The van der Waals surface area contributed by atoms with Crippen molar-refractivity contribution in [2.75, 3.05) is 13.2 Å². The van der Waals surface area contributed by atoms with Crippen molar-refractivity contribution in [1.82, 2.24) is 11.5 Å². The molecule has 7 atom stereocenters. The van der Waals surface area contributed by atoms with Gasteiger partial charge in [-0.3, -0.25) is 8.98 Å². The van der Waals surface area contributed by atoms with Gasteiger partial charge in [0.15, 0.2) is 6.29 Å². The first-order chi connectivity index (χ1) is 23.5. The quantitative estimate of drug-likeness (QED) is 0.0219. The number of quaternary nitrogens is 1. The van der Waals surface area contributed by atoms with Gasteiger partial charge in [0.1, 0.15) is 24.4 Å². The molecule has 14 heteroatoms. The summed E-state index contributed by atoms with van der Waals surface area (Å²) in [6, 6.07) is -0.947. The summed E-state index contributed by atoms with van der Waals surface area (Å²) in [5.41, 5.74) is 0. The van der Waals surface area contributed by atoms with E-state index in [-0.39, 0.29) is 25.1 Å². The van der Waals surface area contributed by atoms with E-state index in [9.17, 15) is 38.2 Å². The number of hydrogen-bond donors (Lipinski definition) is 6. The van der Waals surface area contributed by atoms with Crippen LogP contribution in [0.4, 0.5) is 0 Å². The molecule has 0 saturated carbocycles. The molecule has 0 radical (unpaired) electrons. The molecule has 0 bridgehead atoms. The van der Waals surface area contributed by atoms with Crippen LogP contribution in [0, 0.1) is 0 Å². The number of allylic oxidation sites excluding steroid dienone is 1. The van der Waals surface area contributed by atoms with Gasteiger partial charge < -0.3 is 45.9 Å². The number of hydrogen-bond acceptors (Lipinski definition) is 11. The molecule has 298 valence electrons. The number of carbonyl (C=O) groups excluding carboxylic acids is 1. The van der Waals surface area contributed by atoms with E-state index in [0.717, 1.165) is 38.5 Å². The third-order valence-corrected chi connectivity index (χ3v) is 9.52. The van der Waals surface area contributed by atoms with Crippen LogP contribution in [0.2, 0.25) is 0 Å². The Balaban J connectivity index is 0.0000240. The zero-order valence-corrected chi connectivity index (χ0v) is 32.0. The Kier molecular flexibility index (Phi) is 29.6. The minimum atomic E-state index is -5.32. The van der Waals surface area contributed by atoms with Gasteiger partial charge in [0.25, 0.3) is 0 Å². The van der Waals surface area contributed by atoms with Gasteiger partial charge in [0, 0.05) is 6.42 Å². The molecule has 0 spiro atoms. The summed E-state index contributed by atoms with van der Waals surface area (Å²) in [7, 11) is -5.32. The molecule has 1 heterocycles. The van der Waals surface area contributed by atoms with Crippen molar-refractivity contribution >= 4 is 16.3 Å². The van der Waals surface area contributed by atoms with E-state index in [1.807, 2.05) is 6.08 Å². The van der Waals surface area contributed by atoms with E-state index in [1.54, 1.807) is 6.08 Å². The summed E-state index contributed by atoms with van der Waals surface area (Å²) in [6.45, 7) is 3.28. The Morgan fingerprint density at radius 1 is 0.820 bits per heavy atom. The normalized spacial score (nSPS) is 22.3. The Morgan fingerprint density at radius 3 is 1.78 bits per heavy atom. The summed E-state index contributed by atoms with van der Waals surface area (Å²) in [6.07, 6.45) is 18.1. The highest BCUT2D eigenvalue weighted by atomic mass is 32.3. The van der Waals surface area contributed by atoms with Crippen molar-refractivity contribution in [3.05, 3.63) is 12.2 Å². The van der Waals surface area contributed by atoms with Crippen molar-refractivity contribution in [1.29, 1.82) is 0 Å². The molecule has 9 N–H and O–H groups in total. The second-order valence-electron chi connectivity index (χ2n) is 13.5. The molecule has 1 aliphatic heterocycles. The van der Waals surface area contributed by atoms with Gasteiger partial charge in [-0.2, -0.15) is 0 Å². The molecule has 50 heavy (non-hydrogen) atoms. The molecule has 0 aromatic rings. The molecule has 0 aromatic carbocycles. The first-order valence-electron chi connectivity index (χ1n) is 19.1. The van der Waals surface area contributed by atoms with Crippen molar-refractivity contribution in [2.45, 2.75) is 198 Å². The zero-order valence-electron chi connectivity index (χ0n) is 31.2. The SMILES string of the molecule is CCCCCCCCCCCCC/C=C/[C@@H](O)[C@H](CO[C@@H]1OC(CO)[C@H](O)C(OS(=O)(=O)[O-])C1O)NC(=O)CCCCCCCCCCC.[NH4+]. The minimum absolute atomic E-state index is 0. The molecule has 1 rings (SSSR count). The van der Waals surface area contributed by atoms with Crippen LogP contribution < -0.4 is 11.5 Å². The van der Waals surface area contributed by atoms with Crippen molar-refractivity contribution in [3.63, 3.8) is 0 Å². The Morgan fingerprint density at radius 2 is 1.30 bits per heavy atom. The maximum atomic E-state index is 12.8. The highest BCUT2D eigenvalue weighted by molar-refractivity contribution is 7.80. The summed E-state index contributed by atoms with van der Waals surface area (Å²) in [5.74, 6) is -0.276. The molecule has 3 unspecified atom stereocenters. The lowest BCUT2D eigenvalue weighted by Gasteiger charge is -2.42. The fraction of sp³-hybridized carbons (Fsp3) is 0.917. The predicted octanol–water partition coefficient (Wildman–Crippen LogP) is 5.69. The largest absolute Gasteiger partial charge is 0.726 e. The topological polar surface area (TPSA) is 231 Å². The fourth-order valence-electron chi connectivity index (χ4n) is 6.04. The fourth-order valence-corrected chi connectivity index (χ4v) is 6.54. The Labute approximate surface area is 302 Å². The standard InChI is InChI=1S/C36H69NO11S.H3N/c1-3-5-7-9-11-13-14-15-16-18-19-21-23-25-30(39)29(37-32(40)26-24-22-20-17-12-10-8-6-4-2)28-46-36-34(42)35(48-49(43,44)45)33(41)31(27-38)47-36;/h23,25,29-31,33-36,38-39,41-42H,3-22,24,26-28H2,1-2H3,(H,37,40)(H,43,44,45);1H3/b25-23+;/t29-,30+,31?,33-,34?,35?,36+;/m0./s1. The zero-order chi connectivity index (χ0) is 36.3. The number of ether oxygens (including phenoxy) is 2. The number of rotatable bonds is 31. The summed E-state index contributed by atoms with van der Waals surface area (Å²) >= 11 is 0. The van der Waals surface area contributed by atoms with Crippen LogP contribution in [-0.2, 0) is 28.9 Å². The Hall–Kier alpha value is -1.20. The lowest BCUT2D eigenvalue weighted by molar-refractivity contribution is -0.298. The van der Waals surface area contributed by atoms with E-state index >= 15 is 0 Å². The molecule has 13 nitrogen and oxygen atoms in total. The smallest absolute Gasteiger partial charge is 0.220 e. The molecule has 1 saturated heterocycles. The molecule has 0 aromatic heterocycles. The third-order valence-electron chi connectivity index (χ3n) is 9.06. The van der Waals surface area contributed by atoms with Crippen molar-refractivity contribution in [2.24, 2.45) is 0 Å². The van der Waals surface area contributed by atoms with Crippen LogP contribution >= 0.6 is 0 Å². The van der Waals surface area contributed by atoms with Crippen LogP contribution in [0.3, 0.4) is 0 Å². The van der Waals surface area contributed by atoms with Crippen molar-refractivity contribution in [3.8, 4) is 0 Å². The summed E-state index contributed by atoms with van der Waals surface area (Å²) in [4.78, 5) is 12.8. The molecular formula is C36H72N2O11S. The third kappa shape index (κ3) is 23.4. The average molecular weight is 741 g/mol. The van der Waals surface area contributed by atoms with Gasteiger partial charge in [-0.25, -0.2) is 8.42 Å². The van der Waals surface area contributed by atoms with E-state index in [2.05, 4.69) is 23.3 Å². The van der Waals surface area contributed by atoms with E-state index in [1.165, 1.54) is 89.9 Å². The number of unbranched alkanes of at least 4 members (excludes halogenated alkanes) is 19. The van der Waals surface area contributed by atoms with Crippen LogP contribution in [0.1, 0.15) is 155 Å². The van der Waals surface area contributed by atoms with Crippen LogP contribution in [0.15, 0.2) is 12.2 Å². The minimum Gasteiger partial charge on any atom is -0.726 e. The van der Waals surface area contributed by atoms with Gasteiger partial charge in [-0.15, -0.1) is 0 Å². The number of nitrogens with one attached hydrogen (secondary N) is 1.